The van der Waals surface area contributed by atoms with Gasteiger partial charge in [0.2, 0.25) is 0 Å². The highest BCUT2D eigenvalue weighted by Crippen LogP contribution is 2.32. The predicted octanol–water partition coefficient (Wildman–Crippen LogP) is 3.77. The molecule has 1 saturated heterocycles. The van der Waals surface area contributed by atoms with E-state index in [1.165, 1.54) is 12.8 Å². The van der Waals surface area contributed by atoms with Crippen LogP contribution in [0.2, 0.25) is 0 Å². The van der Waals surface area contributed by atoms with Crippen molar-refractivity contribution in [2.45, 2.75) is 51.2 Å². The molecule has 144 valence electrons. The van der Waals surface area contributed by atoms with E-state index in [4.69, 9.17) is 16.2 Å². The summed E-state index contributed by atoms with van der Waals surface area (Å²) < 4.78 is 6.48. The van der Waals surface area contributed by atoms with Gasteiger partial charge in [0.25, 0.3) is 0 Å². The number of hydrogen-bond donors (Lipinski definition) is 3. The van der Waals surface area contributed by atoms with Crippen molar-refractivity contribution in [3.8, 4) is 5.75 Å². The Morgan fingerprint density at radius 2 is 1.96 bits per heavy atom. The number of anilines is 2. The van der Waals surface area contributed by atoms with Gasteiger partial charge in [-0.25, -0.2) is 0 Å². The molecule has 0 saturated carbocycles. The average molecular weight is 367 g/mol. The first-order valence-electron chi connectivity index (χ1n) is 9.65. The number of benzene rings is 2. The number of rotatable bonds is 6. The van der Waals surface area contributed by atoms with Gasteiger partial charge in [0.1, 0.15) is 11.4 Å². The average Bonchev–Trinajstić information content (AvgIpc) is 2.70. The molecule has 1 aliphatic heterocycles. The molecular weight excluding hydrogens is 338 g/mol. The molecule has 27 heavy (non-hydrogen) atoms. The van der Waals surface area contributed by atoms with Crippen LogP contribution in [0.1, 0.15) is 55.5 Å². The van der Waals surface area contributed by atoms with Gasteiger partial charge in [0.15, 0.2) is 5.78 Å². The second-order valence-corrected chi connectivity index (χ2v) is 7.44. The van der Waals surface area contributed by atoms with Crippen LogP contribution in [0.25, 0.3) is 0 Å². The monoisotopic (exact) mass is 367 g/mol. The van der Waals surface area contributed by atoms with Crippen LogP contribution < -0.4 is 21.5 Å². The molecule has 2 unspecified atom stereocenters. The van der Waals surface area contributed by atoms with Crippen molar-refractivity contribution < 1.29 is 9.53 Å². The Bertz CT molecular complexity index is 815. The molecule has 2 atom stereocenters. The first-order valence-corrected chi connectivity index (χ1v) is 9.65. The highest BCUT2D eigenvalue weighted by atomic mass is 16.5. The second-order valence-electron chi connectivity index (χ2n) is 7.44. The molecule has 5 N–H and O–H groups in total. The number of ether oxygens (including phenoxy) is 1. The van der Waals surface area contributed by atoms with E-state index in [1.807, 2.05) is 18.2 Å². The van der Waals surface area contributed by atoms with Crippen LogP contribution in [0.5, 0.6) is 5.75 Å². The molecule has 2 aromatic rings. The number of nitrogens with one attached hydrogen (secondary N) is 1. The van der Waals surface area contributed by atoms with Crippen LogP contribution in [0.3, 0.4) is 0 Å². The van der Waals surface area contributed by atoms with E-state index in [1.54, 1.807) is 24.3 Å². The van der Waals surface area contributed by atoms with Crippen LogP contribution in [0.15, 0.2) is 42.5 Å². The van der Waals surface area contributed by atoms with Crippen LogP contribution in [-0.4, -0.2) is 24.0 Å². The predicted molar refractivity (Wildman–Crippen MR) is 110 cm³/mol. The lowest BCUT2D eigenvalue weighted by atomic mass is 9.87. The molecule has 0 bridgehead atoms. The number of hydrogen-bond acceptors (Lipinski definition) is 5. The highest BCUT2D eigenvalue weighted by molar-refractivity contribution is 6.11. The summed E-state index contributed by atoms with van der Waals surface area (Å²) in [5.74, 6) is 0.488. The zero-order valence-electron chi connectivity index (χ0n) is 16.1. The van der Waals surface area contributed by atoms with Crippen molar-refractivity contribution in [2.24, 2.45) is 0 Å². The van der Waals surface area contributed by atoms with Gasteiger partial charge in [-0.3, -0.25) is 4.79 Å². The maximum atomic E-state index is 13.1. The summed E-state index contributed by atoms with van der Waals surface area (Å²) in [6.07, 6.45) is 4.32. The van der Waals surface area contributed by atoms with Gasteiger partial charge in [-0.05, 0) is 63.1 Å². The number of ketones is 1. The fraction of sp³-hybridized carbons (Fsp3) is 0.409. The third kappa shape index (κ3) is 4.08. The Morgan fingerprint density at radius 1 is 1.19 bits per heavy atom. The lowest BCUT2D eigenvalue weighted by molar-refractivity contribution is 0.0309. The lowest BCUT2D eigenvalue weighted by Gasteiger charge is -2.40. The lowest BCUT2D eigenvalue weighted by Crippen LogP contribution is -2.54. The van der Waals surface area contributed by atoms with E-state index in [9.17, 15) is 4.79 Å². The Hall–Kier alpha value is -2.53. The van der Waals surface area contributed by atoms with Gasteiger partial charge in [-0.1, -0.05) is 25.5 Å². The van der Waals surface area contributed by atoms with Crippen molar-refractivity contribution in [2.75, 3.05) is 18.0 Å². The third-order valence-electron chi connectivity index (χ3n) is 5.57. The number of carbonyl (C=O) groups is 1. The fourth-order valence-electron chi connectivity index (χ4n) is 3.63. The maximum Gasteiger partial charge on any atom is 0.196 e. The summed E-state index contributed by atoms with van der Waals surface area (Å²) in [5.41, 5.74) is 13.2. The summed E-state index contributed by atoms with van der Waals surface area (Å²) in [6, 6.07) is 12.7. The zero-order valence-corrected chi connectivity index (χ0v) is 16.1. The van der Waals surface area contributed by atoms with Gasteiger partial charge in [0.05, 0.1) is 16.9 Å². The quantitative estimate of drug-likeness (QED) is 0.534. The Kier molecular flexibility index (Phi) is 5.71. The highest BCUT2D eigenvalue weighted by Gasteiger charge is 2.36. The molecule has 0 amide bonds. The molecule has 2 aromatic carbocycles. The first-order chi connectivity index (χ1) is 12.9. The van der Waals surface area contributed by atoms with Gasteiger partial charge in [-0.2, -0.15) is 0 Å². The standard InChI is InChI=1S/C22H29N3O2/c1-3-22(2,20-10-6-7-13-25-20)27-19-9-5-4-8-16(19)21(26)15-11-12-17(23)18(24)14-15/h4-5,8-9,11-12,14,20,25H,3,6-7,10,13,23-24H2,1-2H3. The van der Waals surface area contributed by atoms with Crippen molar-refractivity contribution in [1.29, 1.82) is 0 Å². The van der Waals surface area contributed by atoms with Crippen molar-refractivity contribution in [3.05, 3.63) is 53.6 Å². The molecule has 1 fully saturated rings. The molecule has 0 spiro atoms. The van der Waals surface area contributed by atoms with Gasteiger partial charge < -0.3 is 21.5 Å². The molecule has 3 rings (SSSR count). The number of piperidine rings is 1. The summed E-state index contributed by atoms with van der Waals surface area (Å²) in [7, 11) is 0. The maximum absolute atomic E-state index is 13.1. The summed E-state index contributed by atoms with van der Waals surface area (Å²) in [6.45, 7) is 5.26. The first kappa shape index (κ1) is 19.2. The Balaban J connectivity index is 1.90. The molecule has 0 aromatic heterocycles. The van der Waals surface area contributed by atoms with Crippen LogP contribution in [0, 0.1) is 0 Å². The normalized spacial score (nSPS) is 19.3. The largest absolute Gasteiger partial charge is 0.485 e. The second kappa shape index (κ2) is 8.01. The number of carbonyl (C=O) groups excluding carboxylic acids is 1. The minimum atomic E-state index is -0.378. The van der Waals surface area contributed by atoms with E-state index < -0.39 is 0 Å². The minimum Gasteiger partial charge on any atom is -0.485 e. The van der Waals surface area contributed by atoms with Crippen LogP contribution in [0.4, 0.5) is 11.4 Å². The summed E-state index contributed by atoms with van der Waals surface area (Å²) >= 11 is 0. The Morgan fingerprint density at radius 3 is 2.63 bits per heavy atom. The van der Waals surface area contributed by atoms with E-state index in [2.05, 4.69) is 19.2 Å². The SMILES string of the molecule is CCC(C)(Oc1ccccc1C(=O)c1ccc(N)c(N)c1)C1CCCCN1. The third-order valence-corrected chi connectivity index (χ3v) is 5.57. The molecule has 5 heteroatoms. The topological polar surface area (TPSA) is 90.4 Å². The van der Waals surface area contributed by atoms with Crippen molar-refractivity contribution in [1.82, 2.24) is 5.32 Å². The molecule has 5 nitrogen and oxygen atoms in total. The summed E-state index contributed by atoms with van der Waals surface area (Å²) in [5, 5.41) is 3.58. The minimum absolute atomic E-state index is 0.118. The molecule has 0 radical (unpaired) electrons. The van der Waals surface area contributed by atoms with Crippen molar-refractivity contribution >= 4 is 17.2 Å². The molecule has 1 aliphatic rings. The van der Waals surface area contributed by atoms with E-state index >= 15 is 0 Å². The van der Waals surface area contributed by atoms with E-state index in [-0.39, 0.29) is 17.4 Å². The number of nitrogen functional groups attached to an aromatic ring is 2. The molecular formula is C22H29N3O2. The Labute approximate surface area is 161 Å². The number of nitrogens with two attached hydrogens (primary N) is 2. The van der Waals surface area contributed by atoms with Gasteiger partial charge in [-0.15, -0.1) is 0 Å². The van der Waals surface area contributed by atoms with Crippen LogP contribution >= 0.6 is 0 Å². The molecule has 0 aliphatic carbocycles. The van der Waals surface area contributed by atoms with Crippen molar-refractivity contribution in [3.63, 3.8) is 0 Å². The van der Waals surface area contributed by atoms with E-state index in [0.717, 1.165) is 19.4 Å². The van der Waals surface area contributed by atoms with Crippen LogP contribution in [-0.2, 0) is 0 Å². The molecule has 1 heterocycles. The van der Waals surface area contributed by atoms with Gasteiger partial charge >= 0.3 is 0 Å². The fourth-order valence-corrected chi connectivity index (χ4v) is 3.63. The summed E-state index contributed by atoms with van der Waals surface area (Å²) in [4.78, 5) is 13.1. The van der Waals surface area contributed by atoms with Gasteiger partial charge in [0, 0.05) is 11.6 Å². The zero-order chi connectivity index (χ0) is 19.4. The smallest absolute Gasteiger partial charge is 0.196 e. The number of para-hydroxylation sites is 1. The van der Waals surface area contributed by atoms with E-state index in [0.29, 0.717) is 28.3 Å².